The number of hydrogen-bond acceptors (Lipinski definition) is 4. The van der Waals surface area contributed by atoms with Gasteiger partial charge < -0.3 is 15.0 Å². The molecule has 1 aliphatic heterocycles. The molecule has 1 aromatic carbocycles. The second-order valence-corrected chi connectivity index (χ2v) is 6.72. The predicted molar refractivity (Wildman–Crippen MR) is 107 cm³/mol. The molecule has 0 atom stereocenters. The second kappa shape index (κ2) is 10.1. The highest BCUT2D eigenvalue weighted by Crippen LogP contribution is 2.14. The van der Waals surface area contributed by atoms with Crippen LogP contribution >= 0.6 is 0 Å². The number of benzene rings is 1. The number of nitrogens with zero attached hydrogens (tertiary/aromatic N) is 5. The van der Waals surface area contributed by atoms with Crippen LogP contribution in [0.1, 0.15) is 37.8 Å². The van der Waals surface area contributed by atoms with Crippen LogP contribution in [-0.2, 0) is 17.8 Å². The first-order valence-electron chi connectivity index (χ1n) is 9.83. The zero-order valence-corrected chi connectivity index (χ0v) is 16.3. The van der Waals surface area contributed by atoms with E-state index in [4.69, 9.17) is 9.73 Å². The minimum Gasteiger partial charge on any atom is -0.378 e. The van der Waals surface area contributed by atoms with Crippen LogP contribution in [-0.4, -0.2) is 58.0 Å². The van der Waals surface area contributed by atoms with Gasteiger partial charge in [-0.2, -0.15) is 5.10 Å². The van der Waals surface area contributed by atoms with Crippen LogP contribution in [0.4, 0.5) is 0 Å². The van der Waals surface area contributed by atoms with Gasteiger partial charge in [-0.25, -0.2) is 14.7 Å². The molecule has 0 unspecified atom stereocenters. The molecule has 0 amide bonds. The normalized spacial score (nSPS) is 15.9. The van der Waals surface area contributed by atoms with Gasteiger partial charge in [0.1, 0.15) is 12.7 Å². The van der Waals surface area contributed by atoms with Crippen molar-refractivity contribution >= 4 is 5.96 Å². The van der Waals surface area contributed by atoms with Crippen LogP contribution in [0.5, 0.6) is 0 Å². The molecule has 2 heterocycles. The van der Waals surface area contributed by atoms with Crippen molar-refractivity contribution in [1.82, 2.24) is 25.0 Å². The molecule has 1 aromatic heterocycles. The van der Waals surface area contributed by atoms with Crippen LogP contribution in [0.15, 0.2) is 41.9 Å². The summed E-state index contributed by atoms with van der Waals surface area (Å²) in [7, 11) is 0. The van der Waals surface area contributed by atoms with Gasteiger partial charge in [0, 0.05) is 26.2 Å². The molecule has 146 valence electrons. The van der Waals surface area contributed by atoms with E-state index in [2.05, 4.69) is 58.4 Å². The van der Waals surface area contributed by atoms with Crippen LogP contribution in [0.3, 0.4) is 0 Å². The topological polar surface area (TPSA) is 67.6 Å². The third kappa shape index (κ3) is 5.79. The quantitative estimate of drug-likeness (QED) is 0.598. The molecule has 7 nitrogen and oxygen atoms in total. The molecule has 2 aromatic rings. The van der Waals surface area contributed by atoms with E-state index >= 15 is 0 Å². The highest BCUT2D eigenvalue weighted by atomic mass is 16.5. The van der Waals surface area contributed by atoms with Gasteiger partial charge in [0.2, 0.25) is 0 Å². The summed E-state index contributed by atoms with van der Waals surface area (Å²) in [5.41, 5.74) is 2.41. The van der Waals surface area contributed by atoms with E-state index in [0.29, 0.717) is 12.6 Å². The van der Waals surface area contributed by atoms with E-state index in [1.165, 1.54) is 11.1 Å². The average Bonchev–Trinajstić information content (AvgIpc) is 3.19. The Morgan fingerprint density at radius 2 is 2.07 bits per heavy atom. The first kappa shape index (κ1) is 19.4. The monoisotopic (exact) mass is 370 g/mol. The molecule has 0 radical (unpaired) electrons. The second-order valence-electron chi connectivity index (χ2n) is 6.72. The number of guanidine groups is 1. The van der Waals surface area contributed by atoms with Crippen LogP contribution < -0.4 is 5.32 Å². The van der Waals surface area contributed by atoms with E-state index < -0.39 is 0 Å². The zero-order chi connectivity index (χ0) is 18.9. The largest absolute Gasteiger partial charge is 0.378 e. The molecule has 27 heavy (non-hydrogen) atoms. The molecule has 0 spiro atoms. The minimum atomic E-state index is 0.391. The lowest BCUT2D eigenvalue weighted by Crippen LogP contribution is -2.47. The number of nitrogens with one attached hydrogen (secondary N) is 1. The van der Waals surface area contributed by atoms with E-state index in [1.807, 2.05) is 4.68 Å². The lowest BCUT2D eigenvalue weighted by atomic mass is 10.1. The number of ether oxygens (including phenoxy) is 1. The van der Waals surface area contributed by atoms with Gasteiger partial charge in [-0.3, -0.25) is 0 Å². The number of hydrogen-bond donors (Lipinski definition) is 1. The van der Waals surface area contributed by atoms with Crippen molar-refractivity contribution in [3.63, 3.8) is 0 Å². The fourth-order valence-electron chi connectivity index (χ4n) is 3.39. The summed E-state index contributed by atoms with van der Waals surface area (Å²) in [6.07, 6.45) is 5.81. The summed E-state index contributed by atoms with van der Waals surface area (Å²) in [6.45, 7) is 9.21. The lowest BCUT2D eigenvalue weighted by molar-refractivity contribution is 0.0263. The predicted octanol–water partition coefficient (Wildman–Crippen LogP) is 2.29. The number of aromatic nitrogens is 3. The highest BCUT2D eigenvalue weighted by Gasteiger charge is 2.21. The summed E-state index contributed by atoms with van der Waals surface area (Å²) in [5.74, 6) is 0.995. The first-order chi connectivity index (χ1) is 13.3. The van der Waals surface area contributed by atoms with E-state index in [0.717, 1.165) is 51.6 Å². The smallest absolute Gasteiger partial charge is 0.194 e. The number of likely N-dealkylation sites (tertiary alicyclic amines) is 1. The Morgan fingerprint density at radius 1 is 1.26 bits per heavy atom. The van der Waals surface area contributed by atoms with Gasteiger partial charge in [-0.1, -0.05) is 24.3 Å². The Morgan fingerprint density at radius 3 is 2.78 bits per heavy atom. The van der Waals surface area contributed by atoms with Crippen LogP contribution in [0.25, 0.3) is 0 Å². The molecule has 1 saturated heterocycles. The molecular formula is C20H30N6O. The number of aliphatic imine (C=N–C) groups is 1. The Hall–Kier alpha value is -2.41. The van der Waals surface area contributed by atoms with E-state index in [9.17, 15) is 0 Å². The Kier molecular flexibility index (Phi) is 7.21. The summed E-state index contributed by atoms with van der Waals surface area (Å²) >= 11 is 0. The maximum absolute atomic E-state index is 5.76. The molecule has 7 heteroatoms. The SMILES string of the molecule is CCNC(=NCc1cccc(Cn2cncn2)c1)N1CCC(OCC)CC1. The zero-order valence-electron chi connectivity index (χ0n) is 16.3. The van der Waals surface area contributed by atoms with Crippen LogP contribution in [0, 0.1) is 0 Å². The van der Waals surface area contributed by atoms with Crippen molar-refractivity contribution in [3.8, 4) is 0 Å². The average molecular weight is 371 g/mol. The molecular weight excluding hydrogens is 340 g/mol. The van der Waals surface area contributed by atoms with Crippen molar-refractivity contribution in [3.05, 3.63) is 48.0 Å². The van der Waals surface area contributed by atoms with Crippen LogP contribution in [0.2, 0.25) is 0 Å². The molecule has 0 aliphatic carbocycles. The summed E-state index contributed by atoms with van der Waals surface area (Å²) in [5, 5.41) is 7.60. The van der Waals surface area contributed by atoms with E-state index in [-0.39, 0.29) is 0 Å². The number of piperidine rings is 1. The van der Waals surface area contributed by atoms with Crippen molar-refractivity contribution in [2.45, 2.75) is 45.9 Å². The summed E-state index contributed by atoms with van der Waals surface area (Å²) in [6, 6.07) is 8.51. The maximum Gasteiger partial charge on any atom is 0.194 e. The summed E-state index contributed by atoms with van der Waals surface area (Å²) in [4.78, 5) is 11.2. The molecule has 0 saturated carbocycles. The van der Waals surface area contributed by atoms with Crippen molar-refractivity contribution in [2.24, 2.45) is 4.99 Å². The first-order valence-corrected chi connectivity index (χ1v) is 9.83. The van der Waals surface area contributed by atoms with Gasteiger partial charge in [0.15, 0.2) is 5.96 Å². The molecule has 1 aliphatic rings. The Bertz CT molecular complexity index is 707. The van der Waals surface area contributed by atoms with Gasteiger partial charge in [-0.15, -0.1) is 0 Å². The summed E-state index contributed by atoms with van der Waals surface area (Å²) < 4.78 is 7.59. The molecule has 0 bridgehead atoms. The fraction of sp³-hybridized carbons (Fsp3) is 0.550. The lowest BCUT2D eigenvalue weighted by Gasteiger charge is -2.34. The van der Waals surface area contributed by atoms with Gasteiger partial charge >= 0.3 is 0 Å². The van der Waals surface area contributed by atoms with E-state index in [1.54, 1.807) is 12.7 Å². The Balaban J connectivity index is 1.61. The number of rotatable bonds is 7. The van der Waals surface area contributed by atoms with Crippen molar-refractivity contribution in [2.75, 3.05) is 26.2 Å². The van der Waals surface area contributed by atoms with Crippen molar-refractivity contribution < 1.29 is 4.74 Å². The Labute approximate surface area is 161 Å². The van der Waals surface area contributed by atoms with Gasteiger partial charge in [0.25, 0.3) is 0 Å². The standard InChI is InChI=1S/C20H30N6O/c1-3-22-20(25-10-8-19(9-11-25)27-4-2)23-13-17-6-5-7-18(12-17)14-26-16-21-15-24-26/h5-7,12,15-16,19H,3-4,8-11,13-14H2,1-2H3,(H,22,23). The third-order valence-electron chi connectivity index (χ3n) is 4.69. The van der Waals surface area contributed by atoms with Gasteiger partial charge in [-0.05, 0) is 37.8 Å². The highest BCUT2D eigenvalue weighted by molar-refractivity contribution is 5.80. The molecule has 3 rings (SSSR count). The third-order valence-corrected chi connectivity index (χ3v) is 4.69. The maximum atomic E-state index is 5.76. The fourth-order valence-corrected chi connectivity index (χ4v) is 3.39. The molecule has 1 N–H and O–H groups in total. The van der Waals surface area contributed by atoms with Gasteiger partial charge in [0.05, 0.1) is 19.2 Å². The van der Waals surface area contributed by atoms with Crippen molar-refractivity contribution in [1.29, 1.82) is 0 Å². The minimum absolute atomic E-state index is 0.391. The molecule has 1 fully saturated rings.